The lowest BCUT2D eigenvalue weighted by atomic mass is 9.98. The van der Waals surface area contributed by atoms with Crippen LogP contribution in [0, 0.1) is 12.8 Å². The molecule has 136 valence electrons. The van der Waals surface area contributed by atoms with Crippen molar-refractivity contribution in [2.45, 2.75) is 32.8 Å². The van der Waals surface area contributed by atoms with E-state index < -0.39 is 6.10 Å². The molecule has 0 aromatic heterocycles. The molecule has 1 saturated heterocycles. The summed E-state index contributed by atoms with van der Waals surface area (Å²) in [5, 5.41) is 10.2. The van der Waals surface area contributed by atoms with Gasteiger partial charge in [0.05, 0.1) is 12.5 Å². The first-order chi connectivity index (χ1) is 11.1. The summed E-state index contributed by atoms with van der Waals surface area (Å²) >= 11 is 0. The first-order valence-electron chi connectivity index (χ1n) is 8.35. The SMILES string of the molecule is CCOC(=O)C1CCCN(CC(O)COc2ccccc2C)C1.Cl. The van der Waals surface area contributed by atoms with E-state index in [0.717, 1.165) is 30.7 Å². The summed E-state index contributed by atoms with van der Waals surface area (Å²) in [4.78, 5) is 14.0. The van der Waals surface area contributed by atoms with Crippen molar-refractivity contribution in [3.63, 3.8) is 0 Å². The number of carbonyl (C=O) groups is 1. The van der Waals surface area contributed by atoms with Crippen molar-refractivity contribution in [1.82, 2.24) is 4.90 Å². The summed E-state index contributed by atoms with van der Waals surface area (Å²) in [7, 11) is 0. The van der Waals surface area contributed by atoms with E-state index in [1.165, 1.54) is 0 Å². The fourth-order valence-corrected chi connectivity index (χ4v) is 2.93. The fraction of sp³-hybridized carbons (Fsp3) is 0.611. The number of aliphatic hydroxyl groups is 1. The summed E-state index contributed by atoms with van der Waals surface area (Å²) in [6, 6.07) is 7.77. The van der Waals surface area contributed by atoms with Crippen LogP contribution < -0.4 is 4.74 Å². The molecule has 1 aromatic rings. The zero-order valence-corrected chi connectivity index (χ0v) is 15.3. The molecule has 2 unspecified atom stereocenters. The Labute approximate surface area is 150 Å². The van der Waals surface area contributed by atoms with Crippen LogP contribution in [-0.4, -0.2) is 54.9 Å². The molecule has 0 spiro atoms. The average Bonchev–Trinajstić information content (AvgIpc) is 2.54. The van der Waals surface area contributed by atoms with E-state index in [9.17, 15) is 9.90 Å². The highest BCUT2D eigenvalue weighted by atomic mass is 35.5. The molecule has 1 heterocycles. The molecule has 0 bridgehead atoms. The van der Waals surface area contributed by atoms with Crippen molar-refractivity contribution in [1.29, 1.82) is 0 Å². The topological polar surface area (TPSA) is 59.0 Å². The van der Waals surface area contributed by atoms with Crippen molar-refractivity contribution in [2.24, 2.45) is 5.92 Å². The maximum absolute atomic E-state index is 11.8. The summed E-state index contributed by atoms with van der Waals surface area (Å²) in [6.45, 7) is 6.55. The molecular weight excluding hydrogens is 330 g/mol. The predicted octanol–water partition coefficient (Wildman–Crippen LogP) is 2.43. The zero-order chi connectivity index (χ0) is 16.7. The first kappa shape index (κ1) is 20.7. The van der Waals surface area contributed by atoms with Crippen molar-refractivity contribution in [3.05, 3.63) is 29.8 Å². The highest BCUT2D eigenvalue weighted by Gasteiger charge is 2.27. The van der Waals surface area contributed by atoms with Gasteiger partial charge in [0.25, 0.3) is 0 Å². The van der Waals surface area contributed by atoms with Crippen LogP contribution in [0.25, 0.3) is 0 Å². The van der Waals surface area contributed by atoms with Gasteiger partial charge in [-0.2, -0.15) is 0 Å². The average molecular weight is 358 g/mol. The van der Waals surface area contributed by atoms with E-state index in [0.29, 0.717) is 19.7 Å². The summed E-state index contributed by atoms with van der Waals surface area (Å²) in [6.07, 6.45) is 1.25. The van der Waals surface area contributed by atoms with Crippen LogP contribution >= 0.6 is 12.4 Å². The number of hydrogen-bond acceptors (Lipinski definition) is 5. The van der Waals surface area contributed by atoms with Gasteiger partial charge >= 0.3 is 5.97 Å². The van der Waals surface area contributed by atoms with Gasteiger partial charge in [0.1, 0.15) is 18.5 Å². The van der Waals surface area contributed by atoms with Gasteiger partial charge in [-0.25, -0.2) is 0 Å². The smallest absolute Gasteiger partial charge is 0.310 e. The molecule has 24 heavy (non-hydrogen) atoms. The number of hydrogen-bond donors (Lipinski definition) is 1. The Hall–Kier alpha value is -1.30. The lowest BCUT2D eigenvalue weighted by Crippen LogP contribution is -2.44. The van der Waals surface area contributed by atoms with E-state index in [1.54, 1.807) is 0 Å². The Balaban J connectivity index is 0.00000288. The number of piperidine rings is 1. The van der Waals surface area contributed by atoms with Crippen LogP contribution in [0.4, 0.5) is 0 Å². The summed E-state index contributed by atoms with van der Waals surface area (Å²) < 4.78 is 10.8. The van der Waals surface area contributed by atoms with Gasteiger partial charge in [-0.05, 0) is 44.9 Å². The van der Waals surface area contributed by atoms with Crippen molar-refractivity contribution < 1.29 is 19.4 Å². The molecule has 0 aliphatic carbocycles. The van der Waals surface area contributed by atoms with Gasteiger partial charge < -0.3 is 14.6 Å². The van der Waals surface area contributed by atoms with E-state index in [-0.39, 0.29) is 30.9 Å². The molecule has 0 radical (unpaired) electrons. The molecule has 1 aromatic carbocycles. The summed E-state index contributed by atoms with van der Waals surface area (Å²) in [5.74, 6) is 0.602. The van der Waals surface area contributed by atoms with Crippen LogP contribution in [-0.2, 0) is 9.53 Å². The predicted molar refractivity (Wildman–Crippen MR) is 95.7 cm³/mol. The molecule has 5 nitrogen and oxygen atoms in total. The van der Waals surface area contributed by atoms with E-state index in [4.69, 9.17) is 9.47 Å². The molecule has 2 atom stereocenters. The van der Waals surface area contributed by atoms with E-state index >= 15 is 0 Å². The minimum absolute atomic E-state index is 0. The monoisotopic (exact) mass is 357 g/mol. The van der Waals surface area contributed by atoms with Crippen molar-refractivity contribution in [3.8, 4) is 5.75 Å². The molecule has 1 fully saturated rings. The number of benzene rings is 1. The van der Waals surface area contributed by atoms with Gasteiger partial charge in [-0.15, -0.1) is 12.4 Å². The largest absolute Gasteiger partial charge is 0.491 e. The number of halogens is 1. The van der Waals surface area contributed by atoms with Gasteiger partial charge in [0, 0.05) is 13.1 Å². The first-order valence-corrected chi connectivity index (χ1v) is 8.35. The number of aliphatic hydroxyl groups excluding tert-OH is 1. The number of esters is 1. The van der Waals surface area contributed by atoms with E-state index in [1.807, 2.05) is 38.1 Å². The second-order valence-corrected chi connectivity index (χ2v) is 6.08. The second-order valence-electron chi connectivity index (χ2n) is 6.08. The fourth-order valence-electron chi connectivity index (χ4n) is 2.93. The van der Waals surface area contributed by atoms with Gasteiger partial charge in [-0.3, -0.25) is 9.69 Å². The molecule has 0 saturated carbocycles. The highest BCUT2D eigenvalue weighted by molar-refractivity contribution is 5.85. The lowest BCUT2D eigenvalue weighted by molar-refractivity contribution is -0.150. The third kappa shape index (κ3) is 6.30. The maximum atomic E-state index is 11.8. The Kier molecular flexibility index (Phi) is 9.11. The van der Waals surface area contributed by atoms with Gasteiger partial charge in [0.15, 0.2) is 0 Å². The lowest BCUT2D eigenvalue weighted by Gasteiger charge is -2.32. The second kappa shape index (κ2) is 10.5. The Morgan fingerprint density at radius 3 is 2.88 bits per heavy atom. The Morgan fingerprint density at radius 1 is 1.42 bits per heavy atom. The zero-order valence-electron chi connectivity index (χ0n) is 14.4. The molecular formula is C18H28ClNO4. The minimum Gasteiger partial charge on any atom is -0.491 e. The highest BCUT2D eigenvalue weighted by Crippen LogP contribution is 2.19. The van der Waals surface area contributed by atoms with Crippen LogP contribution in [0.1, 0.15) is 25.3 Å². The normalized spacial score (nSPS) is 19.2. The van der Waals surface area contributed by atoms with E-state index in [2.05, 4.69) is 4.90 Å². The number of likely N-dealkylation sites (tertiary alicyclic amines) is 1. The molecule has 0 amide bonds. The van der Waals surface area contributed by atoms with Crippen LogP contribution in [0.2, 0.25) is 0 Å². The number of para-hydroxylation sites is 1. The number of aryl methyl sites for hydroxylation is 1. The quantitative estimate of drug-likeness (QED) is 0.759. The summed E-state index contributed by atoms with van der Waals surface area (Å²) in [5.41, 5.74) is 1.06. The number of nitrogens with zero attached hydrogens (tertiary/aromatic N) is 1. The molecule has 6 heteroatoms. The standard InChI is InChI=1S/C18H27NO4.ClH/c1-3-22-18(21)15-8-6-10-19(11-15)12-16(20)13-23-17-9-5-4-7-14(17)2;/h4-5,7,9,15-16,20H,3,6,8,10-13H2,1-2H3;1H. The Bertz CT molecular complexity index is 512. The number of carbonyl (C=O) groups excluding carboxylic acids is 1. The number of β-amino-alcohol motifs (C(OH)–C–C–N with tert-alkyl or cyclic N) is 1. The van der Waals surface area contributed by atoms with Crippen LogP contribution in [0.3, 0.4) is 0 Å². The van der Waals surface area contributed by atoms with Crippen molar-refractivity contribution in [2.75, 3.05) is 32.8 Å². The number of ether oxygens (including phenoxy) is 2. The molecule has 2 rings (SSSR count). The molecule has 1 N–H and O–H groups in total. The third-order valence-corrected chi connectivity index (χ3v) is 4.12. The van der Waals surface area contributed by atoms with Crippen LogP contribution in [0.5, 0.6) is 5.75 Å². The van der Waals surface area contributed by atoms with Crippen LogP contribution in [0.15, 0.2) is 24.3 Å². The Morgan fingerprint density at radius 2 is 2.17 bits per heavy atom. The minimum atomic E-state index is -0.574. The maximum Gasteiger partial charge on any atom is 0.310 e. The number of rotatable bonds is 7. The van der Waals surface area contributed by atoms with Gasteiger partial charge in [0.2, 0.25) is 0 Å². The third-order valence-electron chi connectivity index (χ3n) is 4.12. The molecule has 1 aliphatic heterocycles. The van der Waals surface area contributed by atoms with Crippen molar-refractivity contribution >= 4 is 18.4 Å². The van der Waals surface area contributed by atoms with Gasteiger partial charge in [-0.1, -0.05) is 18.2 Å². The molecule has 1 aliphatic rings.